The molecule has 0 aliphatic heterocycles. The first-order chi connectivity index (χ1) is 12.8. The van der Waals surface area contributed by atoms with Crippen LogP contribution in [0.5, 0.6) is 0 Å². The van der Waals surface area contributed by atoms with Gasteiger partial charge in [0.05, 0.1) is 16.6 Å². The molecule has 0 aromatic carbocycles. The third kappa shape index (κ3) is 4.96. The zero-order valence-corrected chi connectivity index (χ0v) is 20.5. The van der Waals surface area contributed by atoms with Gasteiger partial charge in [-0.2, -0.15) is 0 Å². The number of hydrogen-bond acceptors (Lipinski definition) is 5. The molecule has 0 aliphatic carbocycles. The Morgan fingerprint density at radius 1 is 1.11 bits per heavy atom. The van der Waals surface area contributed by atoms with Gasteiger partial charge in [0.15, 0.2) is 8.32 Å². The number of hydrogen-bond donors (Lipinski definition) is 1. The molecule has 0 fully saturated rings. The second-order valence-electron chi connectivity index (χ2n) is 9.28. The number of rotatable bonds is 7. The molecule has 5 nitrogen and oxygen atoms in total. The molecule has 2 rings (SSSR count). The van der Waals surface area contributed by atoms with Gasteiger partial charge in [0.25, 0.3) is 0 Å². The molecule has 0 spiro atoms. The van der Waals surface area contributed by atoms with E-state index in [1.165, 1.54) is 0 Å². The number of anilines is 1. The van der Waals surface area contributed by atoms with Gasteiger partial charge in [-0.15, -0.1) is 0 Å². The molecule has 156 valence electrons. The highest BCUT2D eigenvalue weighted by atomic mass is 35.5. The number of aromatic nitrogens is 3. The summed E-state index contributed by atoms with van der Waals surface area (Å²) < 4.78 is 6.61. The van der Waals surface area contributed by atoms with E-state index in [1.807, 2.05) is 0 Å². The Morgan fingerprint density at radius 2 is 1.75 bits per heavy atom. The second-order valence-corrected chi connectivity index (χ2v) is 14.8. The molecule has 28 heavy (non-hydrogen) atoms. The second kappa shape index (κ2) is 8.42. The molecule has 1 unspecified atom stereocenters. The summed E-state index contributed by atoms with van der Waals surface area (Å²) in [6.07, 6.45) is 3.02. The molecule has 0 bridgehead atoms. The number of pyridine rings is 1. The van der Waals surface area contributed by atoms with Crippen LogP contribution in [0.4, 0.5) is 5.82 Å². The lowest BCUT2D eigenvalue weighted by Crippen LogP contribution is -2.44. The van der Waals surface area contributed by atoms with Crippen molar-refractivity contribution in [2.45, 2.75) is 77.4 Å². The Bertz CT molecular complexity index is 849. The van der Waals surface area contributed by atoms with Gasteiger partial charge in [-0.05, 0) is 36.2 Å². The van der Waals surface area contributed by atoms with Crippen molar-refractivity contribution in [1.82, 2.24) is 15.0 Å². The zero-order chi connectivity index (χ0) is 21.3. The molecule has 0 saturated heterocycles. The molecule has 2 aromatic rings. The SMILES string of the molecule is CCCCC(C)(CO[Si](C)(C)C(C)(C)C)c1nc(Cl)cc2nc(Cl)nc(N)c12. The first-order valence-electron chi connectivity index (χ1n) is 9.74. The standard InChI is InChI=1S/C20H32Cl2N4OSi/c1-8-9-10-20(5,12-27-28(6,7)19(2,3)4)16-15-13(11-14(21)25-16)24-18(22)26-17(15)23/h11H,8-10,12H2,1-7H3,(H2,23,24,26). The van der Waals surface area contributed by atoms with Crippen LogP contribution in [0.25, 0.3) is 10.9 Å². The third-order valence-corrected chi connectivity index (χ3v) is 10.7. The number of nitrogen functional groups attached to an aromatic ring is 1. The van der Waals surface area contributed by atoms with Crippen LogP contribution in [0, 0.1) is 0 Å². The van der Waals surface area contributed by atoms with E-state index >= 15 is 0 Å². The van der Waals surface area contributed by atoms with Crippen LogP contribution < -0.4 is 5.73 Å². The summed E-state index contributed by atoms with van der Waals surface area (Å²) in [6, 6.07) is 1.68. The number of fused-ring (bicyclic) bond motifs is 1. The Morgan fingerprint density at radius 3 is 2.32 bits per heavy atom. The highest BCUT2D eigenvalue weighted by Gasteiger charge is 2.40. The minimum absolute atomic E-state index is 0.103. The summed E-state index contributed by atoms with van der Waals surface area (Å²) >= 11 is 12.4. The number of nitrogens with two attached hydrogens (primary N) is 1. The quantitative estimate of drug-likeness (QED) is 0.305. The highest BCUT2D eigenvalue weighted by Crippen LogP contribution is 2.41. The molecule has 8 heteroatoms. The van der Waals surface area contributed by atoms with Crippen molar-refractivity contribution in [1.29, 1.82) is 0 Å². The van der Waals surface area contributed by atoms with Crippen molar-refractivity contribution in [3.8, 4) is 0 Å². The van der Waals surface area contributed by atoms with Crippen LogP contribution in [0.3, 0.4) is 0 Å². The van der Waals surface area contributed by atoms with Gasteiger partial charge < -0.3 is 10.2 Å². The van der Waals surface area contributed by atoms with E-state index in [0.29, 0.717) is 28.5 Å². The van der Waals surface area contributed by atoms with Gasteiger partial charge in [0.2, 0.25) is 5.28 Å². The van der Waals surface area contributed by atoms with Gasteiger partial charge >= 0.3 is 0 Å². The topological polar surface area (TPSA) is 73.9 Å². The summed E-state index contributed by atoms with van der Waals surface area (Å²) in [4.78, 5) is 13.1. The molecule has 2 aromatic heterocycles. The Kier molecular flexibility index (Phi) is 7.02. The summed E-state index contributed by atoms with van der Waals surface area (Å²) in [5, 5.41) is 1.31. The van der Waals surface area contributed by atoms with E-state index in [2.05, 4.69) is 62.7 Å². The molecule has 2 N–H and O–H groups in total. The molecule has 0 saturated carbocycles. The normalized spacial score (nSPS) is 15.0. The van der Waals surface area contributed by atoms with Gasteiger partial charge in [0.1, 0.15) is 11.0 Å². The summed E-state index contributed by atoms with van der Waals surface area (Å²) in [5.41, 5.74) is 7.27. The summed E-state index contributed by atoms with van der Waals surface area (Å²) in [5.74, 6) is 0.323. The molecule has 1 atom stereocenters. The fourth-order valence-electron chi connectivity index (χ4n) is 2.94. The Hall–Kier alpha value is -0.953. The van der Waals surface area contributed by atoms with Crippen LogP contribution in [-0.2, 0) is 9.84 Å². The molecule has 2 heterocycles. The van der Waals surface area contributed by atoms with Gasteiger partial charge in [-0.3, -0.25) is 0 Å². The minimum Gasteiger partial charge on any atom is -0.416 e. The predicted octanol–water partition coefficient (Wildman–Crippen LogP) is 6.38. The average Bonchev–Trinajstić information content (AvgIpc) is 2.56. The average molecular weight is 443 g/mol. The molecule has 0 amide bonds. The maximum Gasteiger partial charge on any atom is 0.224 e. The van der Waals surface area contributed by atoms with Crippen molar-refractivity contribution < 1.29 is 4.43 Å². The first-order valence-corrected chi connectivity index (χ1v) is 13.4. The molecule has 0 aliphatic rings. The number of unbranched alkanes of at least 4 members (excludes halogenated alkanes) is 1. The van der Waals surface area contributed by atoms with Gasteiger partial charge in [-0.1, -0.05) is 59.1 Å². The lowest BCUT2D eigenvalue weighted by Gasteiger charge is -2.40. The fraction of sp³-hybridized carbons (Fsp3) is 0.650. The van der Waals surface area contributed by atoms with Crippen LogP contribution in [0.15, 0.2) is 6.07 Å². The van der Waals surface area contributed by atoms with E-state index in [1.54, 1.807) is 6.07 Å². The minimum atomic E-state index is -1.93. The van der Waals surface area contributed by atoms with Crippen LogP contribution in [0.1, 0.15) is 59.6 Å². The Labute approximate surface area is 179 Å². The maximum absolute atomic E-state index is 6.61. The van der Waals surface area contributed by atoms with Crippen molar-refractivity contribution in [2.75, 3.05) is 12.3 Å². The summed E-state index contributed by atoms with van der Waals surface area (Å²) in [7, 11) is -1.93. The van der Waals surface area contributed by atoms with Gasteiger partial charge in [-0.25, -0.2) is 15.0 Å². The van der Waals surface area contributed by atoms with Gasteiger partial charge in [0, 0.05) is 18.1 Å². The highest BCUT2D eigenvalue weighted by molar-refractivity contribution is 6.74. The largest absolute Gasteiger partial charge is 0.416 e. The lowest BCUT2D eigenvalue weighted by molar-refractivity contribution is 0.195. The molecular weight excluding hydrogens is 411 g/mol. The van der Waals surface area contributed by atoms with Crippen LogP contribution >= 0.6 is 23.2 Å². The van der Waals surface area contributed by atoms with Crippen molar-refractivity contribution in [3.05, 3.63) is 22.2 Å². The van der Waals surface area contributed by atoms with E-state index < -0.39 is 8.32 Å². The maximum atomic E-state index is 6.61. The summed E-state index contributed by atoms with van der Waals surface area (Å²) in [6.45, 7) is 16.1. The first kappa shape index (κ1) is 23.3. The molecular formula is C20H32Cl2N4OSi. The van der Waals surface area contributed by atoms with Crippen LogP contribution in [-0.4, -0.2) is 29.9 Å². The zero-order valence-electron chi connectivity index (χ0n) is 18.0. The lowest BCUT2D eigenvalue weighted by atomic mass is 9.80. The van der Waals surface area contributed by atoms with Crippen molar-refractivity contribution in [2.24, 2.45) is 0 Å². The number of halogens is 2. The molecule has 0 radical (unpaired) electrons. The third-order valence-electron chi connectivity index (χ3n) is 5.86. The van der Waals surface area contributed by atoms with Crippen LogP contribution in [0.2, 0.25) is 28.6 Å². The van der Waals surface area contributed by atoms with E-state index in [4.69, 9.17) is 33.4 Å². The number of nitrogens with zero attached hydrogens (tertiary/aromatic N) is 3. The van der Waals surface area contributed by atoms with E-state index in [9.17, 15) is 0 Å². The van der Waals surface area contributed by atoms with E-state index in [0.717, 1.165) is 25.0 Å². The predicted molar refractivity (Wildman–Crippen MR) is 122 cm³/mol. The van der Waals surface area contributed by atoms with E-state index in [-0.39, 0.29) is 15.7 Å². The fourth-order valence-corrected chi connectivity index (χ4v) is 4.42. The Balaban J connectivity index is 2.59. The smallest absolute Gasteiger partial charge is 0.224 e. The van der Waals surface area contributed by atoms with Crippen molar-refractivity contribution in [3.63, 3.8) is 0 Å². The van der Waals surface area contributed by atoms with Crippen molar-refractivity contribution >= 4 is 48.2 Å². The monoisotopic (exact) mass is 442 g/mol.